The summed E-state index contributed by atoms with van der Waals surface area (Å²) in [7, 11) is 9.61. The van der Waals surface area contributed by atoms with Crippen LogP contribution in [0.3, 0.4) is 0 Å². The number of nitrogens with zero attached hydrogens (tertiary/aromatic N) is 1. The van der Waals surface area contributed by atoms with E-state index in [1.165, 1.54) is 0 Å². The molecule has 6 aromatic rings. The quantitative estimate of drug-likeness (QED) is 0.0990. The van der Waals surface area contributed by atoms with Crippen LogP contribution < -0.4 is 37.9 Å². The Hall–Kier alpha value is -6.22. The highest BCUT2D eigenvalue weighted by atomic mass is 16.5. The molecule has 0 bridgehead atoms. The summed E-state index contributed by atoms with van der Waals surface area (Å²) < 4.78 is 49.0. The van der Waals surface area contributed by atoms with E-state index >= 15 is 0 Å². The summed E-state index contributed by atoms with van der Waals surface area (Å²) in [6.45, 7) is 1.38. The first kappa shape index (κ1) is 35.6. The number of hydrogen-bond donors (Lipinski definition) is 0. The van der Waals surface area contributed by atoms with Crippen molar-refractivity contribution < 1.29 is 37.9 Å². The van der Waals surface area contributed by atoms with Gasteiger partial charge in [-0.05, 0) is 64.2 Å². The van der Waals surface area contributed by atoms with Gasteiger partial charge >= 0.3 is 0 Å². The SMILES string of the molecule is COc1cc(-c2cn(Cc3ccc(OCc4ccccc4)c(OCc4ccccc4)c3)cc2-c2cc(OC)c(OC)c(OC)c2)cc(OC)c1OC. The third-order valence-electron chi connectivity index (χ3n) is 8.68. The van der Waals surface area contributed by atoms with E-state index in [9.17, 15) is 0 Å². The zero-order valence-corrected chi connectivity index (χ0v) is 30.3. The molecule has 1 heterocycles. The van der Waals surface area contributed by atoms with Crippen LogP contribution in [0.1, 0.15) is 16.7 Å². The van der Waals surface area contributed by atoms with Gasteiger partial charge in [-0.1, -0.05) is 66.7 Å². The number of benzene rings is 5. The predicted octanol–water partition coefficient (Wildman–Crippen LogP) is 9.08. The van der Waals surface area contributed by atoms with Gasteiger partial charge in [0.2, 0.25) is 11.5 Å². The van der Waals surface area contributed by atoms with Gasteiger partial charge in [-0.2, -0.15) is 0 Å². The summed E-state index contributed by atoms with van der Waals surface area (Å²) in [5.41, 5.74) is 6.76. The molecule has 1 aromatic heterocycles. The number of ether oxygens (including phenoxy) is 8. The van der Waals surface area contributed by atoms with E-state index in [-0.39, 0.29) is 0 Å². The van der Waals surface area contributed by atoms with Crippen molar-refractivity contribution >= 4 is 0 Å². The third kappa shape index (κ3) is 7.89. The van der Waals surface area contributed by atoms with Crippen LogP contribution in [-0.2, 0) is 19.8 Å². The molecule has 268 valence electrons. The summed E-state index contributed by atoms with van der Waals surface area (Å²) in [5, 5.41) is 0. The first-order chi connectivity index (χ1) is 25.5. The molecule has 0 aliphatic rings. The molecule has 0 spiro atoms. The zero-order valence-electron chi connectivity index (χ0n) is 30.3. The molecule has 0 saturated carbocycles. The van der Waals surface area contributed by atoms with E-state index in [1.54, 1.807) is 42.7 Å². The molecule has 0 amide bonds. The molecule has 6 rings (SSSR count). The lowest BCUT2D eigenvalue weighted by Gasteiger charge is -2.16. The summed E-state index contributed by atoms with van der Waals surface area (Å²) in [6.07, 6.45) is 4.20. The highest BCUT2D eigenvalue weighted by molar-refractivity contribution is 5.87. The van der Waals surface area contributed by atoms with E-state index < -0.39 is 0 Å². The number of methoxy groups -OCH3 is 6. The lowest BCUT2D eigenvalue weighted by molar-refractivity contribution is 0.255. The number of aromatic nitrogens is 1. The second kappa shape index (κ2) is 16.7. The van der Waals surface area contributed by atoms with Crippen LogP contribution >= 0.6 is 0 Å². The zero-order chi connectivity index (χ0) is 36.5. The van der Waals surface area contributed by atoms with Crippen molar-refractivity contribution in [1.82, 2.24) is 4.57 Å². The van der Waals surface area contributed by atoms with Crippen LogP contribution in [0.4, 0.5) is 0 Å². The Morgan fingerprint density at radius 1 is 0.404 bits per heavy atom. The minimum Gasteiger partial charge on any atom is -0.493 e. The van der Waals surface area contributed by atoms with Gasteiger partial charge in [0.05, 0.1) is 42.7 Å². The maximum atomic E-state index is 6.39. The fourth-order valence-corrected chi connectivity index (χ4v) is 6.10. The van der Waals surface area contributed by atoms with Crippen molar-refractivity contribution in [3.05, 3.63) is 132 Å². The van der Waals surface area contributed by atoms with Crippen molar-refractivity contribution in [1.29, 1.82) is 0 Å². The Kier molecular flexibility index (Phi) is 11.4. The van der Waals surface area contributed by atoms with Gasteiger partial charge in [0.25, 0.3) is 0 Å². The normalized spacial score (nSPS) is 10.7. The molecular weight excluding hydrogens is 658 g/mol. The molecule has 0 N–H and O–H groups in total. The second-order valence-electron chi connectivity index (χ2n) is 11.9. The Labute approximate surface area is 304 Å². The molecule has 0 radical (unpaired) electrons. The number of rotatable bonds is 16. The van der Waals surface area contributed by atoms with Crippen LogP contribution in [0, 0.1) is 0 Å². The molecule has 0 atom stereocenters. The largest absolute Gasteiger partial charge is 0.493 e. The smallest absolute Gasteiger partial charge is 0.203 e. The van der Waals surface area contributed by atoms with Crippen LogP contribution in [0.25, 0.3) is 22.3 Å². The summed E-state index contributed by atoms with van der Waals surface area (Å²) >= 11 is 0. The maximum Gasteiger partial charge on any atom is 0.203 e. The van der Waals surface area contributed by atoms with Gasteiger partial charge in [-0.3, -0.25) is 0 Å². The van der Waals surface area contributed by atoms with Gasteiger partial charge in [-0.25, -0.2) is 0 Å². The Morgan fingerprint density at radius 2 is 0.827 bits per heavy atom. The van der Waals surface area contributed by atoms with Crippen molar-refractivity contribution in [2.24, 2.45) is 0 Å². The van der Waals surface area contributed by atoms with Crippen LogP contribution in [0.2, 0.25) is 0 Å². The summed E-state index contributed by atoms with van der Waals surface area (Å²) in [4.78, 5) is 0. The fourth-order valence-electron chi connectivity index (χ4n) is 6.10. The molecule has 9 nitrogen and oxygen atoms in total. The molecule has 0 fully saturated rings. The summed E-state index contributed by atoms with van der Waals surface area (Å²) in [5.74, 6) is 4.56. The fraction of sp³-hybridized carbons (Fsp3) is 0.209. The average Bonchev–Trinajstić information content (AvgIpc) is 3.62. The topological polar surface area (TPSA) is 78.8 Å². The molecule has 0 aliphatic heterocycles. The maximum absolute atomic E-state index is 6.39. The highest BCUT2D eigenvalue weighted by Gasteiger charge is 2.21. The number of hydrogen-bond acceptors (Lipinski definition) is 8. The molecule has 9 heteroatoms. The highest BCUT2D eigenvalue weighted by Crippen LogP contribution is 2.47. The Balaban J connectivity index is 1.41. The second-order valence-corrected chi connectivity index (χ2v) is 11.9. The minimum absolute atomic E-state index is 0.409. The van der Waals surface area contributed by atoms with Gasteiger partial charge in [0.15, 0.2) is 34.5 Å². The monoisotopic (exact) mass is 701 g/mol. The van der Waals surface area contributed by atoms with E-state index in [0.717, 1.165) is 38.9 Å². The van der Waals surface area contributed by atoms with Gasteiger partial charge < -0.3 is 42.5 Å². The first-order valence-corrected chi connectivity index (χ1v) is 16.7. The van der Waals surface area contributed by atoms with Gasteiger partial charge in [0.1, 0.15) is 13.2 Å². The Morgan fingerprint density at radius 3 is 1.23 bits per heavy atom. The van der Waals surface area contributed by atoms with Crippen LogP contribution in [0.15, 0.2) is 116 Å². The third-order valence-corrected chi connectivity index (χ3v) is 8.68. The molecule has 0 saturated heterocycles. The van der Waals surface area contributed by atoms with Crippen molar-refractivity contribution in [2.75, 3.05) is 42.7 Å². The molecule has 5 aromatic carbocycles. The van der Waals surface area contributed by atoms with Crippen molar-refractivity contribution in [2.45, 2.75) is 19.8 Å². The lowest BCUT2D eigenvalue weighted by Crippen LogP contribution is -2.03. The molecule has 0 unspecified atom stereocenters. The molecule has 52 heavy (non-hydrogen) atoms. The summed E-state index contributed by atoms with van der Waals surface area (Å²) in [6, 6.07) is 34.0. The van der Waals surface area contributed by atoms with E-state index in [2.05, 4.69) is 23.0 Å². The van der Waals surface area contributed by atoms with Crippen LogP contribution in [-0.4, -0.2) is 47.2 Å². The van der Waals surface area contributed by atoms with E-state index in [1.807, 2.05) is 97.1 Å². The minimum atomic E-state index is 0.409. The molecular formula is C43H43NO8. The van der Waals surface area contributed by atoms with E-state index in [0.29, 0.717) is 65.8 Å². The standard InChI is InChI=1S/C43H43NO8/c1-45-38-20-32(21-39(46-2)42(38)49-5)34-25-44(26-35(34)33-22-40(47-3)43(50-6)41(23-33)48-4)24-31-17-18-36(51-27-29-13-9-7-10-14-29)37(19-31)52-28-30-15-11-8-12-16-30/h7-23,25-26H,24,27-28H2,1-6H3. The Bertz CT molecular complexity index is 1960. The van der Waals surface area contributed by atoms with Crippen molar-refractivity contribution in [3.63, 3.8) is 0 Å². The van der Waals surface area contributed by atoms with E-state index in [4.69, 9.17) is 37.9 Å². The lowest BCUT2D eigenvalue weighted by atomic mass is 9.97. The van der Waals surface area contributed by atoms with Gasteiger partial charge in [-0.15, -0.1) is 0 Å². The van der Waals surface area contributed by atoms with Gasteiger partial charge in [0, 0.05) is 30.1 Å². The predicted molar refractivity (Wildman–Crippen MR) is 202 cm³/mol. The van der Waals surface area contributed by atoms with Crippen molar-refractivity contribution in [3.8, 4) is 68.2 Å². The molecule has 0 aliphatic carbocycles. The first-order valence-electron chi connectivity index (χ1n) is 16.7. The average molecular weight is 702 g/mol. The van der Waals surface area contributed by atoms with Crippen LogP contribution in [0.5, 0.6) is 46.0 Å².